The molecule has 1 aliphatic heterocycles. The Morgan fingerprint density at radius 1 is 1.13 bits per heavy atom. The number of carbonyl (C=O) groups is 1. The first-order chi connectivity index (χ1) is 18.9. The number of fused-ring (bicyclic) bond motifs is 1. The van der Waals surface area contributed by atoms with E-state index in [1.165, 1.54) is 16.2 Å². The van der Waals surface area contributed by atoms with Crippen LogP contribution in [0.4, 0.5) is 5.82 Å². The lowest BCUT2D eigenvalue weighted by Crippen LogP contribution is -2.30. The van der Waals surface area contributed by atoms with Crippen molar-refractivity contribution in [2.45, 2.75) is 26.7 Å². The normalized spacial score (nSPS) is 14.5. The van der Waals surface area contributed by atoms with Crippen LogP contribution in [0, 0.1) is 6.92 Å². The second kappa shape index (κ2) is 13.1. The summed E-state index contributed by atoms with van der Waals surface area (Å²) in [6.07, 6.45) is 4.67. The number of nitrogens with one attached hydrogen (secondary N) is 1. The summed E-state index contributed by atoms with van der Waals surface area (Å²) in [7, 11) is 3.17. The molecule has 0 saturated carbocycles. The van der Waals surface area contributed by atoms with E-state index in [1.54, 1.807) is 37.5 Å². The third kappa shape index (κ3) is 6.60. The standard InChI is InChI=1S/C28H32N4O5S2/c1-5-37-14-6-12-29-25-20(26(33)32-17-18(2)7-10-24(32)30-25)16-23-27(34)31(28(38)39-23)13-11-19-8-9-21(35-3)22(15-19)36-4/h7-10,15-17,29H,5-6,11-14H2,1-4H3. The number of methoxy groups -OCH3 is 2. The van der Waals surface area contributed by atoms with E-state index in [1.807, 2.05) is 38.1 Å². The van der Waals surface area contributed by atoms with E-state index in [4.69, 9.17) is 26.4 Å². The van der Waals surface area contributed by atoms with Gasteiger partial charge in [-0.15, -0.1) is 0 Å². The maximum atomic E-state index is 13.5. The number of amides is 1. The van der Waals surface area contributed by atoms with Crippen LogP contribution in [-0.2, 0) is 16.0 Å². The lowest BCUT2D eigenvalue weighted by molar-refractivity contribution is -0.122. The number of benzene rings is 1. The van der Waals surface area contributed by atoms with Gasteiger partial charge in [-0.05, 0) is 62.1 Å². The van der Waals surface area contributed by atoms with E-state index in [9.17, 15) is 9.59 Å². The van der Waals surface area contributed by atoms with Crippen molar-refractivity contribution in [2.24, 2.45) is 0 Å². The highest BCUT2D eigenvalue weighted by Crippen LogP contribution is 2.34. The van der Waals surface area contributed by atoms with Crippen LogP contribution in [-0.4, -0.2) is 65.0 Å². The first-order valence-electron chi connectivity index (χ1n) is 12.7. The van der Waals surface area contributed by atoms with E-state index in [-0.39, 0.29) is 11.5 Å². The molecule has 4 rings (SSSR count). The van der Waals surface area contributed by atoms with Crippen LogP contribution in [0.5, 0.6) is 11.5 Å². The molecule has 206 valence electrons. The molecule has 1 amide bonds. The van der Waals surface area contributed by atoms with E-state index >= 15 is 0 Å². The first-order valence-corrected chi connectivity index (χ1v) is 13.9. The molecular weight excluding hydrogens is 536 g/mol. The molecule has 9 nitrogen and oxygen atoms in total. The van der Waals surface area contributed by atoms with Crippen LogP contribution in [0.2, 0.25) is 0 Å². The zero-order valence-corrected chi connectivity index (χ0v) is 24.1. The Balaban J connectivity index is 1.59. The number of nitrogens with zero attached hydrogens (tertiary/aromatic N) is 3. The summed E-state index contributed by atoms with van der Waals surface area (Å²) in [6, 6.07) is 9.37. The largest absolute Gasteiger partial charge is 0.493 e. The molecule has 0 unspecified atom stereocenters. The number of anilines is 1. The van der Waals surface area contributed by atoms with Gasteiger partial charge >= 0.3 is 0 Å². The fourth-order valence-electron chi connectivity index (χ4n) is 4.15. The maximum absolute atomic E-state index is 13.5. The molecule has 1 aromatic carbocycles. The number of ether oxygens (including phenoxy) is 3. The van der Waals surface area contributed by atoms with Gasteiger partial charge in [0, 0.05) is 32.5 Å². The molecular formula is C28H32N4O5S2. The summed E-state index contributed by atoms with van der Waals surface area (Å²) in [5.74, 6) is 1.46. The smallest absolute Gasteiger partial charge is 0.267 e. The Hall–Kier alpha value is -3.41. The number of thiocarbonyl (C=S) groups is 1. The number of thioether (sulfide) groups is 1. The summed E-state index contributed by atoms with van der Waals surface area (Å²) >= 11 is 6.73. The Kier molecular flexibility index (Phi) is 9.60. The van der Waals surface area contributed by atoms with Gasteiger partial charge in [-0.1, -0.05) is 36.1 Å². The van der Waals surface area contributed by atoms with Gasteiger partial charge in [-0.2, -0.15) is 0 Å². The third-order valence-electron chi connectivity index (χ3n) is 6.19. The monoisotopic (exact) mass is 568 g/mol. The minimum absolute atomic E-state index is 0.235. The van der Waals surface area contributed by atoms with E-state index in [0.717, 1.165) is 17.5 Å². The number of carbonyl (C=O) groups excluding carboxylic acids is 1. The van der Waals surface area contributed by atoms with Crippen LogP contribution in [0.3, 0.4) is 0 Å². The van der Waals surface area contributed by atoms with Gasteiger partial charge in [0.2, 0.25) is 0 Å². The zero-order chi connectivity index (χ0) is 27.9. The van der Waals surface area contributed by atoms with Crippen LogP contribution in [0.25, 0.3) is 11.7 Å². The highest BCUT2D eigenvalue weighted by Gasteiger charge is 2.32. The summed E-state index contributed by atoms with van der Waals surface area (Å²) < 4.78 is 18.1. The highest BCUT2D eigenvalue weighted by atomic mass is 32.2. The molecule has 39 heavy (non-hydrogen) atoms. The van der Waals surface area contributed by atoms with Crippen LogP contribution < -0.4 is 20.3 Å². The number of aromatic nitrogens is 2. The summed E-state index contributed by atoms with van der Waals surface area (Å²) in [4.78, 5) is 33.6. The number of pyridine rings is 1. The number of rotatable bonds is 12. The van der Waals surface area contributed by atoms with Crippen molar-refractivity contribution < 1.29 is 19.0 Å². The van der Waals surface area contributed by atoms with Crippen LogP contribution >= 0.6 is 24.0 Å². The average Bonchev–Trinajstić information content (AvgIpc) is 3.20. The average molecular weight is 569 g/mol. The van der Waals surface area contributed by atoms with Crippen LogP contribution in [0.15, 0.2) is 46.2 Å². The second-order valence-corrected chi connectivity index (χ2v) is 10.5. The van der Waals surface area contributed by atoms with Crippen molar-refractivity contribution in [1.82, 2.24) is 14.3 Å². The molecule has 0 radical (unpaired) electrons. The molecule has 0 atom stereocenters. The van der Waals surface area contributed by atoms with Crippen LogP contribution in [0.1, 0.15) is 30.0 Å². The fraction of sp³-hybridized carbons (Fsp3) is 0.357. The predicted octanol–water partition coefficient (Wildman–Crippen LogP) is 4.30. The second-order valence-electron chi connectivity index (χ2n) is 8.86. The molecule has 3 heterocycles. The van der Waals surface area contributed by atoms with Gasteiger partial charge < -0.3 is 19.5 Å². The minimum Gasteiger partial charge on any atom is -0.493 e. The van der Waals surface area contributed by atoms with E-state index in [0.29, 0.717) is 70.5 Å². The summed E-state index contributed by atoms with van der Waals surface area (Å²) in [6.45, 7) is 6.07. The van der Waals surface area contributed by atoms with Gasteiger partial charge in [0.25, 0.3) is 11.5 Å². The van der Waals surface area contributed by atoms with Crippen molar-refractivity contribution in [3.63, 3.8) is 0 Å². The Bertz CT molecular complexity index is 1470. The molecule has 1 aliphatic rings. The molecule has 2 aromatic heterocycles. The molecule has 0 bridgehead atoms. The highest BCUT2D eigenvalue weighted by molar-refractivity contribution is 8.26. The van der Waals surface area contributed by atoms with Crippen molar-refractivity contribution in [3.8, 4) is 11.5 Å². The molecule has 0 spiro atoms. The predicted molar refractivity (Wildman–Crippen MR) is 159 cm³/mol. The first kappa shape index (κ1) is 28.6. The Labute approximate surface area is 237 Å². The lowest BCUT2D eigenvalue weighted by atomic mass is 10.1. The Morgan fingerprint density at radius 3 is 2.67 bits per heavy atom. The van der Waals surface area contributed by atoms with Crippen molar-refractivity contribution >= 4 is 51.7 Å². The summed E-state index contributed by atoms with van der Waals surface area (Å²) in [5, 5.41) is 3.26. The number of hydrogen-bond donors (Lipinski definition) is 1. The van der Waals surface area contributed by atoms with Gasteiger partial charge in [0.15, 0.2) is 11.5 Å². The van der Waals surface area contributed by atoms with E-state index in [2.05, 4.69) is 10.3 Å². The molecule has 3 aromatic rings. The number of aryl methyl sites for hydroxylation is 1. The summed E-state index contributed by atoms with van der Waals surface area (Å²) in [5.41, 5.74) is 2.49. The molecule has 11 heteroatoms. The minimum atomic E-state index is -0.258. The Morgan fingerprint density at radius 2 is 1.92 bits per heavy atom. The van der Waals surface area contributed by atoms with Crippen molar-refractivity contribution in [1.29, 1.82) is 0 Å². The van der Waals surface area contributed by atoms with Gasteiger partial charge in [-0.3, -0.25) is 18.9 Å². The topological polar surface area (TPSA) is 94.4 Å². The maximum Gasteiger partial charge on any atom is 0.267 e. The van der Waals surface area contributed by atoms with Gasteiger partial charge in [0.05, 0.1) is 24.7 Å². The molecule has 0 aliphatic carbocycles. The van der Waals surface area contributed by atoms with Crippen molar-refractivity contribution in [3.05, 3.63) is 68.5 Å². The van der Waals surface area contributed by atoms with Gasteiger partial charge in [-0.25, -0.2) is 4.98 Å². The number of hydrogen-bond acceptors (Lipinski definition) is 9. The zero-order valence-electron chi connectivity index (χ0n) is 22.5. The lowest BCUT2D eigenvalue weighted by Gasteiger charge is -2.15. The third-order valence-corrected chi connectivity index (χ3v) is 7.57. The van der Waals surface area contributed by atoms with E-state index < -0.39 is 0 Å². The fourth-order valence-corrected chi connectivity index (χ4v) is 5.44. The quantitative estimate of drug-likeness (QED) is 0.195. The molecule has 1 saturated heterocycles. The SMILES string of the molecule is CCOCCCNc1nc2ccc(C)cn2c(=O)c1C=C1SC(=S)N(CCc2ccc(OC)c(OC)c2)C1=O. The molecule has 1 N–H and O–H groups in total. The van der Waals surface area contributed by atoms with Gasteiger partial charge in [0.1, 0.15) is 15.8 Å². The molecule has 1 fully saturated rings. The van der Waals surface area contributed by atoms with Crippen molar-refractivity contribution in [2.75, 3.05) is 45.8 Å².